The molecule has 1 amide bonds. The van der Waals surface area contributed by atoms with Gasteiger partial charge < -0.3 is 11.1 Å². The largest absolute Gasteiger partial charge is 0.324 e. The van der Waals surface area contributed by atoms with Crippen molar-refractivity contribution in [3.63, 3.8) is 0 Å². The van der Waals surface area contributed by atoms with Crippen LogP contribution in [0.2, 0.25) is 0 Å². The van der Waals surface area contributed by atoms with Crippen molar-refractivity contribution in [2.45, 2.75) is 32.7 Å². The maximum Gasteiger partial charge on any atom is 0.244 e. The van der Waals surface area contributed by atoms with Crippen molar-refractivity contribution in [2.24, 2.45) is 5.73 Å². The third-order valence-electron chi connectivity index (χ3n) is 2.97. The molecular weight excluding hydrogens is 233 g/mol. The Bertz CT molecular complexity index is 518. The van der Waals surface area contributed by atoms with Crippen molar-refractivity contribution in [1.82, 2.24) is 0 Å². The van der Waals surface area contributed by atoms with Crippen LogP contribution in [-0.2, 0) is 4.79 Å². The molecule has 0 spiro atoms. The average molecular weight is 249 g/mol. The van der Waals surface area contributed by atoms with E-state index in [2.05, 4.69) is 5.32 Å². The molecule has 0 radical (unpaired) electrons. The summed E-state index contributed by atoms with van der Waals surface area (Å²) in [5.41, 5.74) is 5.49. The lowest BCUT2D eigenvalue weighted by Gasteiger charge is -2.22. The van der Waals surface area contributed by atoms with Gasteiger partial charge in [0.25, 0.3) is 0 Å². The van der Waals surface area contributed by atoms with E-state index in [0.717, 1.165) is 6.07 Å². The number of carbonyl (C=O) groups excluding carboxylic acids is 1. The smallest absolute Gasteiger partial charge is 0.244 e. The van der Waals surface area contributed by atoms with Gasteiger partial charge in [-0.15, -0.1) is 0 Å². The molecule has 0 aliphatic carbocycles. The molecule has 0 saturated carbocycles. The van der Waals surface area contributed by atoms with E-state index in [9.17, 15) is 9.18 Å². The fourth-order valence-electron chi connectivity index (χ4n) is 1.30. The van der Waals surface area contributed by atoms with Gasteiger partial charge in [0.2, 0.25) is 5.91 Å². The van der Waals surface area contributed by atoms with Crippen LogP contribution in [0.15, 0.2) is 12.1 Å². The number of nitrogens with zero attached hydrogens (tertiary/aromatic N) is 1. The number of hydrogen-bond acceptors (Lipinski definition) is 3. The van der Waals surface area contributed by atoms with E-state index in [1.54, 1.807) is 13.8 Å². The van der Waals surface area contributed by atoms with Crippen LogP contribution in [0.1, 0.15) is 31.4 Å². The summed E-state index contributed by atoms with van der Waals surface area (Å²) in [5, 5.41) is 11.3. The lowest BCUT2D eigenvalue weighted by molar-refractivity contribution is -0.120. The van der Waals surface area contributed by atoms with Crippen LogP contribution < -0.4 is 11.1 Å². The Kier molecular flexibility index (Phi) is 4.04. The van der Waals surface area contributed by atoms with Crippen LogP contribution in [0.3, 0.4) is 0 Å². The van der Waals surface area contributed by atoms with Crippen molar-refractivity contribution < 1.29 is 9.18 Å². The Morgan fingerprint density at radius 3 is 2.72 bits per heavy atom. The van der Waals surface area contributed by atoms with Crippen LogP contribution >= 0.6 is 0 Å². The molecule has 5 heteroatoms. The van der Waals surface area contributed by atoms with Crippen LogP contribution in [0, 0.1) is 24.1 Å². The highest BCUT2D eigenvalue weighted by molar-refractivity contribution is 5.98. The monoisotopic (exact) mass is 249 g/mol. The first-order valence-corrected chi connectivity index (χ1v) is 5.62. The van der Waals surface area contributed by atoms with Gasteiger partial charge in [-0.2, -0.15) is 5.26 Å². The fraction of sp³-hybridized carbons (Fsp3) is 0.385. The molecule has 1 unspecified atom stereocenters. The summed E-state index contributed by atoms with van der Waals surface area (Å²) in [6.07, 6.45) is 0.457. The maximum atomic E-state index is 13.5. The Labute approximate surface area is 106 Å². The number of halogens is 1. The number of nitrogens with one attached hydrogen (secondary N) is 1. The van der Waals surface area contributed by atoms with Crippen LogP contribution in [0.4, 0.5) is 10.1 Å². The van der Waals surface area contributed by atoms with Crippen molar-refractivity contribution in [1.29, 1.82) is 5.26 Å². The summed E-state index contributed by atoms with van der Waals surface area (Å²) >= 11 is 0. The zero-order chi connectivity index (χ0) is 13.9. The minimum Gasteiger partial charge on any atom is -0.324 e. The summed E-state index contributed by atoms with van der Waals surface area (Å²) in [4.78, 5) is 11.9. The first kappa shape index (κ1) is 14.1. The van der Waals surface area contributed by atoms with Crippen molar-refractivity contribution in [3.05, 3.63) is 29.1 Å². The van der Waals surface area contributed by atoms with Gasteiger partial charge in [0.1, 0.15) is 5.82 Å². The van der Waals surface area contributed by atoms with Gasteiger partial charge in [-0.1, -0.05) is 6.92 Å². The normalized spacial score (nSPS) is 13.6. The molecular formula is C13H16FN3O. The zero-order valence-electron chi connectivity index (χ0n) is 10.7. The Morgan fingerprint density at radius 1 is 1.61 bits per heavy atom. The molecule has 0 aromatic heterocycles. The predicted octanol–water partition coefficient (Wildman–Crippen LogP) is 2.07. The van der Waals surface area contributed by atoms with E-state index in [1.807, 2.05) is 6.07 Å². The van der Waals surface area contributed by atoms with E-state index in [4.69, 9.17) is 11.0 Å². The van der Waals surface area contributed by atoms with E-state index in [-0.39, 0.29) is 16.8 Å². The number of rotatable bonds is 3. The third kappa shape index (κ3) is 2.84. The highest BCUT2D eigenvalue weighted by Crippen LogP contribution is 2.21. The molecule has 0 fully saturated rings. The molecule has 0 aliphatic rings. The van der Waals surface area contributed by atoms with Gasteiger partial charge >= 0.3 is 0 Å². The zero-order valence-corrected chi connectivity index (χ0v) is 10.7. The second-order valence-corrected chi connectivity index (χ2v) is 4.47. The Hall–Kier alpha value is -1.93. The van der Waals surface area contributed by atoms with Gasteiger partial charge in [0.15, 0.2) is 0 Å². The number of hydrogen-bond donors (Lipinski definition) is 2. The van der Waals surface area contributed by atoms with E-state index < -0.39 is 17.3 Å². The molecule has 0 saturated heterocycles. The lowest BCUT2D eigenvalue weighted by atomic mass is 9.99. The predicted molar refractivity (Wildman–Crippen MR) is 67.4 cm³/mol. The number of anilines is 1. The second kappa shape index (κ2) is 5.15. The highest BCUT2D eigenvalue weighted by Gasteiger charge is 2.26. The SMILES string of the molecule is CCC(C)(N)C(=O)Nc1cc(C#N)cc(F)c1C. The number of nitrogens with two attached hydrogens (primary N) is 1. The fourth-order valence-corrected chi connectivity index (χ4v) is 1.30. The maximum absolute atomic E-state index is 13.5. The molecule has 1 atom stereocenters. The molecule has 3 N–H and O–H groups in total. The topological polar surface area (TPSA) is 78.9 Å². The molecule has 0 aliphatic heterocycles. The summed E-state index contributed by atoms with van der Waals surface area (Å²) in [7, 11) is 0. The number of carbonyl (C=O) groups is 1. The molecule has 0 bridgehead atoms. The minimum absolute atomic E-state index is 0.156. The van der Waals surface area contributed by atoms with Crippen molar-refractivity contribution in [2.75, 3.05) is 5.32 Å². The van der Waals surface area contributed by atoms with Crippen molar-refractivity contribution >= 4 is 11.6 Å². The number of benzene rings is 1. The molecule has 1 rings (SSSR count). The molecule has 0 heterocycles. The molecule has 96 valence electrons. The number of amides is 1. The van der Waals surface area contributed by atoms with Gasteiger partial charge in [0.05, 0.1) is 17.2 Å². The van der Waals surface area contributed by atoms with Gasteiger partial charge in [-0.3, -0.25) is 4.79 Å². The number of nitriles is 1. The summed E-state index contributed by atoms with van der Waals surface area (Å²) in [6, 6.07) is 4.40. The lowest BCUT2D eigenvalue weighted by Crippen LogP contribution is -2.47. The molecule has 18 heavy (non-hydrogen) atoms. The van der Waals surface area contributed by atoms with Crippen LogP contribution in [-0.4, -0.2) is 11.4 Å². The summed E-state index contributed by atoms with van der Waals surface area (Å²) in [6.45, 7) is 4.92. The van der Waals surface area contributed by atoms with Gasteiger partial charge in [-0.25, -0.2) is 4.39 Å². The minimum atomic E-state index is -1.02. The first-order valence-electron chi connectivity index (χ1n) is 5.62. The third-order valence-corrected chi connectivity index (χ3v) is 2.97. The standard InChI is InChI=1S/C13H16FN3O/c1-4-13(3,16)12(18)17-11-6-9(7-15)5-10(14)8(11)2/h5-6H,4,16H2,1-3H3,(H,17,18). The molecule has 1 aromatic rings. The van der Waals surface area contributed by atoms with E-state index in [1.165, 1.54) is 13.0 Å². The summed E-state index contributed by atoms with van der Waals surface area (Å²) < 4.78 is 13.5. The summed E-state index contributed by atoms with van der Waals surface area (Å²) in [5.74, 6) is -0.929. The Morgan fingerprint density at radius 2 is 2.22 bits per heavy atom. The van der Waals surface area contributed by atoms with E-state index in [0.29, 0.717) is 6.42 Å². The molecule has 1 aromatic carbocycles. The average Bonchev–Trinajstić information content (AvgIpc) is 2.34. The quantitative estimate of drug-likeness (QED) is 0.860. The van der Waals surface area contributed by atoms with Gasteiger partial charge in [-0.05, 0) is 32.4 Å². The Balaban J connectivity index is 3.09. The first-order chi connectivity index (χ1) is 8.31. The second-order valence-electron chi connectivity index (χ2n) is 4.47. The van der Waals surface area contributed by atoms with Crippen LogP contribution in [0.25, 0.3) is 0 Å². The van der Waals surface area contributed by atoms with E-state index >= 15 is 0 Å². The highest BCUT2D eigenvalue weighted by atomic mass is 19.1. The van der Waals surface area contributed by atoms with Gasteiger partial charge in [0, 0.05) is 11.3 Å². The van der Waals surface area contributed by atoms with Crippen molar-refractivity contribution in [3.8, 4) is 6.07 Å². The molecule has 4 nitrogen and oxygen atoms in total. The van der Waals surface area contributed by atoms with Crippen LogP contribution in [0.5, 0.6) is 0 Å².